The van der Waals surface area contributed by atoms with E-state index in [0.29, 0.717) is 6.42 Å². The van der Waals surface area contributed by atoms with Gasteiger partial charge in [0.2, 0.25) is 5.91 Å². The second-order valence-corrected chi connectivity index (χ2v) is 7.29. The number of halogens is 3. The Labute approximate surface area is 155 Å². The summed E-state index contributed by atoms with van der Waals surface area (Å²) in [5.74, 6) is -0.130. The molecule has 0 bridgehead atoms. The number of nitrogens with one attached hydrogen (secondary N) is 1. The molecule has 0 radical (unpaired) electrons. The van der Waals surface area contributed by atoms with Crippen LogP contribution in [0, 0.1) is 5.92 Å². The van der Waals surface area contributed by atoms with E-state index in [9.17, 15) is 22.8 Å². The van der Waals surface area contributed by atoms with E-state index >= 15 is 0 Å². The molecule has 1 fully saturated rings. The van der Waals surface area contributed by atoms with E-state index in [1.54, 1.807) is 13.8 Å². The van der Waals surface area contributed by atoms with Crippen LogP contribution in [0.4, 0.5) is 23.7 Å². The van der Waals surface area contributed by atoms with Crippen LogP contribution < -0.4 is 10.2 Å². The standard InChI is InChI=1S/C18H22F3N3O3/c1-9(2)27-17(26)24-13-6-7-15(18(19,20)21)23-16(13)12(22-10(3)25)8-14(24)11-4-5-11/h6-7,9,11-12,14H,4-5,8H2,1-3H3,(H,22,25)/t12-,14-/m1/s1. The summed E-state index contributed by atoms with van der Waals surface area (Å²) in [4.78, 5) is 29.5. The van der Waals surface area contributed by atoms with Crippen LogP contribution in [0.1, 0.15) is 57.5 Å². The van der Waals surface area contributed by atoms with Crippen molar-refractivity contribution in [2.45, 2.75) is 64.4 Å². The summed E-state index contributed by atoms with van der Waals surface area (Å²) >= 11 is 0. The van der Waals surface area contributed by atoms with Crippen LogP contribution in [0.15, 0.2) is 12.1 Å². The molecule has 2 atom stereocenters. The van der Waals surface area contributed by atoms with Crippen molar-refractivity contribution in [3.8, 4) is 0 Å². The number of aromatic nitrogens is 1. The molecule has 27 heavy (non-hydrogen) atoms. The molecule has 2 amide bonds. The second kappa shape index (κ2) is 7.01. The molecule has 1 aliphatic carbocycles. The minimum absolute atomic E-state index is 0.0395. The van der Waals surface area contributed by atoms with E-state index in [1.807, 2.05) is 0 Å². The molecule has 0 spiro atoms. The molecule has 1 aliphatic heterocycles. The van der Waals surface area contributed by atoms with Gasteiger partial charge >= 0.3 is 12.3 Å². The number of pyridine rings is 1. The van der Waals surface area contributed by atoms with Crippen molar-refractivity contribution in [2.24, 2.45) is 5.92 Å². The van der Waals surface area contributed by atoms with E-state index in [-0.39, 0.29) is 35.4 Å². The van der Waals surface area contributed by atoms with E-state index in [1.165, 1.54) is 17.9 Å². The average Bonchev–Trinajstić information content (AvgIpc) is 3.36. The van der Waals surface area contributed by atoms with Gasteiger partial charge in [0.25, 0.3) is 0 Å². The summed E-state index contributed by atoms with van der Waals surface area (Å²) in [6.45, 7) is 4.72. The zero-order valence-electron chi connectivity index (χ0n) is 15.3. The fourth-order valence-electron chi connectivity index (χ4n) is 3.47. The molecule has 6 nitrogen and oxygen atoms in total. The van der Waals surface area contributed by atoms with Crippen molar-refractivity contribution in [3.63, 3.8) is 0 Å². The quantitative estimate of drug-likeness (QED) is 0.859. The minimum atomic E-state index is -4.62. The number of nitrogens with zero attached hydrogens (tertiary/aromatic N) is 2. The van der Waals surface area contributed by atoms with E-state index in [2.05, 4.69) is 10.3 Å². The zero-order valence-corrected chi connectivity index (χ0v) is 15.3. The van der Waals surface area contributed by atoms with Gasteiger partial charge in [0, 0.05) is 13.0 Å². The molecular weight excluding hydrogens is 363 g/mol. The highest BCUT2D eigenvalue weighted by atomic mass is 19.4. The maximum atomic E-state index is 13.1. The summed E-state index contributed by atoms with van der Waals surface area (Å²) in [5.41, 5.74) is -0.758. The second-order valence-electron chi connectivity index (χ2n) is 7.29. The number of carbonyl (C=O) groups excluding carboxylic acids is 2. The Bertz CT molecular complexity index is 747. The highest BCUT2D eigenvalue weighted by Crippen LogP contribution is 2.46. The topological polar surface area (TPSA) is 71.5 Å². The first-order chi connectivity index (χ1) is 12.6. The monoisotopic (exact) mass is 385 g/mol. The van der Waals surface area contributed by atoms with Crippen molar-refractivity contribution in [2.75, 3.05) is 4.90 Å². The van der Waals surface area contributed by atoms with Crippen LogP contribution in [-0.4, -0.2) is 29.1 Å². The van der Waals surface area contributed by atoms with Gasteiger partial charge in [-0.05, 0) is 51.2 Å². The number of fused-ring (bicyclic) bond motifs is 1. The van der Waals surface area contributed by atoms with Gasteiger partial charge in [-0.2, -0.15) is 13.2 Å². The first-order valence-corrected chi connectivity index (χ1v) is 8.93. The Morgan fingerprint density at radius 3 is 2.48 bits per heavy atom. The van der Waals surface area contributed by atoms with Gasteiger partial charge in [0.05, 0.1) is 23.5 Å². The number of amides is 2. The van der Waals surface area contributed by atoms with Gasteiger partial charge in [-0.25, -0.2) is 9.78 Å². The largest absolute Gasteiger partial charge is 0.446 e. The van der Waals surface area contributed by atoms with Gasteiger partial charge in [-0.15, -0.1) is 0 Å². The van der Waals surface area contributed by atoms with Crippen molar-refractivity contribution in [3.05, 3.63) is 23.5 Å². The average molecular weight is 385 g/mol. The van der Waals surface area contributed by atoms with Crippen molar-refractivity contribution in [1.29, 1.82) is 0 Å². The summed E-state index contributed by atoms with van der Waals surface area (Å²) in [6.07, 6.45) is -3.44. The molecule has 1 aromatic rings. The summed E-state index contributed by atoms with van der Waals surface area (Å²) in [7, 11) is 0. The van der Waals surface area contributed by atoms with Crippen LogP contribution in [0.2, 0.25) is 0 Å². The van der Waals surface area contributed by atoms with Gasteiger partial charge in [-0.1, -0.05) is 0 Å². The maximum Gasteiger partial charge on any atom is 0.433 e. The Morgan fingerprint density at radius 2 is 1.96 bits per heavy atom. The SMILES string of the molecule is CC(=O)N[C@@H]1C[C@H](C2CC2)N(C(=O)OC(C)C)c2ccc(C(F)(F)F)nc21. The Hall–Kier alpha value is -2.32. The third-order valence-electron chi connectivity index (χ3n) is 4.67. The first kappa shape index (κ1) is 19.4. The Balaban J connectivity index is 2.08. The van der Waals surface area contributed by atoms with E-state index in [4.69, 9.17) is 4.74 Å². The Morgan fingerprint density at radius 1 is 1.30 bits per heavy atom. The lowest BCUT2D eigenvalue weighted by molar-refractivity contribution is -0.141. The van der Waals surface area contributed by atoms with Gasteiger partial charge in [-0.3, -0.25) is 9.69 Å². The number of ether oxygens (including phenoxy) is 1. The van der Waals surface area contributed by atoms with Crippen LogP contribution >= 0.6 is 0 Å². The number of hydrogen-bond donors (Lipinski definition) is 1. The predicted octanol–water partition coefficient (Wildman–Crippen LogP) is 3.81. The van der Waals surface area contributed by atoms with Crippen molar-refractivity contribution < 1.29 is 27.5 Å². The summed E-state index contributed by atoms with van der Waals surface area (Å²) < 4.78 is 44.7. The van der Waals surface area contributed by atoms with E-state index < -0.39 is 24.0 Å². The molecule has 148 valence electrons. The van der Waals surface area contributed by atoms with Crippen LogP contribution in [0.25, 0.3) is 0 Å². The number of alkyl halides is 3. The normalized spacial score (nSPS) is 22.4. The van der Waals surface area contributed by atoms with Crippen LogP contribution in [0.5, 0.6) is 0 Å². The minimum Gasteiger partial charge on any atom is -0.446 e. The molecule has 2 aliphatic rings. The molecule has 1 saturated carbocycles. The van der Waals surface area contributed by atoms with Crippen molar-refractivity contribution in [1.82, 2.24) is 10.3 Å². The number of carbonyl (C=O) groups is 2. The smallest absolute Gasteiger partial charge is 0.433 e. The number of anilines is 1. The van der Waals surface area contributed by atoms with Crippen molar-refractivity contribution >= 4 is 17.7 Å². The maximum absolute atomic E-state index is 13.1. The lowest BCUT2D eigenvalue weighted by Crippen LogP contribution is -2.49. The lowest BCUT2D eigenvalue weighted by atomic mass is 9.92. The molecule has 2 heterocycles. The van der Waals surface area contributed by atoms with Crippen LogP contribution in [0.3, 0.4) is 0 Å². The van der Waals surface area contributed by atoms with Gasteiger partial charge < -0.3 is 10.1 Å². The molecule has 3 rings (SSSR count). The van der Waals surface area contributed by atoms with Gasteiger partial charge in [0.15, 0.2) is 0 Å². The third kappa shape index (κ3) is 4.17. The highest BCUT2D eigenvalue weighted by Gasteiger charge is 2.46. The fourth-order valence-corrected chi connectivity index (χ4v) is 3.47. The van der Waals surface area contributed by atoms with Crippen LogP contribution in [-0.2, 0) is 15.7 Å². The highest BCUT2D eigenvalue weighted by molar-refractivity contribution is 5.90. The number of hydrogen-bond acceptors (Lipinski definition) is 4. The zero-order chi connectivity index (χ0) is 19.9. The predicted molar refractivity (Wildman–Crippen MR) is 91.0 cm³/mol. The molecule has 0 saturated heterocycles. The molecular formula is C18H22F3N3O3. The molecule has 1 aromatic heterocycles. The summed E-state index contributed by atoms with van der Waals surface area (Å²) in [6, 6.07) is 1.16. The van der Waals surface area contributed by atoms with Gasteiger partial charge in [0.1, 0.15) is 5.69 Å². The number of rotatable bonds is 3. The molecule has 0 aromatic carbocycles. The summed E-state index contributed by atoms with van der Waals surface area (Å²) in [5, 5.41) is 2.68. The lowest BCUT2D eigenvalue weighted by Gasteiger charge is -2.40. The third-order valence-corrected chi connectivity index (χ3v) is 4.67. The molecule has 9 heteroatoms. The Kier molecular flexibility index (Phi) is 5.05. The van der Waals surface area contributed by atoms with E-state index in [0.717, 1.165) is 18.9 Å². The fraction of sp³-hybridized carbons (Fsp3) is 0.611. The first-order valence-electron chi connectivity index (χ1n) is 8.93. The molecule has 0 unspecified atom stereocenters. The molecule has 1 N–H and O–H groups in total.